The first-order chi connectivity index (χ1) is 11.4. The molecule has 0 aliphatic carbocycles. The van der Waals surface area contributed by atoms with Crippen LogP contribution in [0.3, 0.4) is 0 Å². The molecule has 0 radical (unpaired) electrons. The van der Waals surface area contributed by atoms with Gasteiger partial charge in [0.05, 0.1) is 0 Å². The van der Waals surface area contributed by atoms with E-state index in [4.69, 9.17) is 0 Å². The molecule has 0 spiro atoms. The van der Waals surface area contributed by atoms with E-state index in [-0.39, 0.29) is 0 Å². The van der Waals surface area contributed by atoms with E-state index in [0.717, 1.165) is 0 Å². The average molecular weight is 308 g/mol. The van der Waals surface area contributed by atoms with Gasteiger partial charge in [-0.05, 0) is 70.8 Å². The lowest BCUT2D eigenvalue weighted by Gasteiger charge is -2.12. The second kappa shape index (κ2) is 5.00. The first-order valence-corrected chi connectivity index (χ1v) is 9.59. The maximum atomic E-state index is 2.37. The smallest absolute Gasteiger partial charge is 0.00222 e. The van der Waals surface area contributed by atoms with Crippen LogP contribution < -0.4 is 0 Å². The van der Waals surface area contributed by atoms with Gasteiger partial charge in [0.1, 0.15) is 0 Å². The lowest BCUT2D eigenvalue weighted by molar-refractivity contribution is 1.64. The Bertz CT molecular complexity index is 1130. The molecule has 1 aliphatic rings. The Morgan fingerprint density at radius 3 is 2.30 bits per heavy atom. The van der Waals surface area contributed by atoms with E-state index in [1.807, 2.05) is 0 Å². The average Bonchev–Trinajstić information content (AvgIpc) is 3.14. The van der Waals surface area contributed by atoms with Crippen LogP contribution in [0.1, 0.15) is 5.56 Å². The van der Waals surface area contributed by atoms with Crippen molar-refractivity contribution in [2.24, 2.45) is 0 Å². The molecule has 0 saturated carbocycles. The highest BCUT2D eigenvalue weighted by atomic mass is 28.2. The molecule has 0 bridgehead atoms. The summed E-state index contributed by atoms with van der Waals surface area (Å²) in [5.41, 5.74) is 5.30. The van der Waals surface area contributed by atoms with Crippen LogP contribution in [-0.4, -0.2) is 14.8 Å². The van der Waals surface area contributed by atoms with Gasteiger partial charge in [-0.1, -0.05) is 66.3 Å². The number of allylic oxidation sites excluding steroid dienone is 2. The van der Waals surface area contributed by atoms with E-state index >= 15 is 0 Å². The maximum absolute atomic E-state index is 2.37. The zero-order valence-electron chi connectivity index (χ0n) is 12.8. The predicted molar refractivity (Wildman–Crippen MR) is 105 cm³/mol. The highest BCUT2D eigenvalue weighted by Crippen LogP contribution is 2.35. The van der Waals surface area contributed by atoms with Crippen LogP contribution in [0.4, 0.5) is 0 Å². The fourth-order valence-electron chi connectivity index (χ4n) is 3.72. The highest BCUT2D eigenvalue weighted by molar-refractivity contribution is 6.55. The predicted octanol–water partition coefficient (Wildman–Crippen LogP) is 5.20. The van der Waals surface area contributed by atoms with E-state index in [1.165, 1.54) is 49.5 Å². The van der Waals surface area contributed by atoms with Gasteiger partial charge in [-0.3, -0.25) is 0 Å². The fourth-order valence-corrected chi connectivity index (χ4v) is 4.83. The molecule has 5 rings (SSSR count). The van der Waals surface area contributed by atoms with Crippen molar-refractivity contribution in [1.82, 2.24) is 0 Å². The molecule has 0 fully saturated rings. The SMILES string of the molecule is C1=[SiH]CC(c2cccc3ccc4cc5ccccc5cc4c23)=C1. The van der Waals surface area contributed by atoms with Crippen molar-refractivity contribution in [2.45, 2.75) is 6.04 Å². The third kappa shape index (κ3) is 2.01. The molecule has 23 heavy (non-hydrogen) atoms. The summed E-state index contributed by atoms with van der Waals surface area (Å²) in [6.45, 7) is 0. The first kappa shape index (κ1) is 13.0. The second-order valence-corrected chi connectivity index (χ2v) is 7.48. The Morgan fingerprint density at radius 1 is 0.696 bits per heavy atom. The van der Waals surface area contributed by atoms with Gasteiger partial charge in [-0.2, -0.15) is 0 Å². The minimum Gasteiger partial charge on any atom is -0.0845 e. The molecular formula is C22H16Si. The van der Waals surface area contributed by atoms with Crippen LogP contribution in [0.25, 0.3) is 37.9 Å². The van der Waals surface area contributed by atoms with Gasteiger partial charge in [-0.15, -0.1) is 0 Å². The van der Waals surface area contributed by atoms with Gasteiger partial charge in [0, 0.05) is 0 Å². The third-order valence-corrected chi connectivity index (χ3v) is 5.98. The molecule has 0 unspecified atom stereocenters. The van der Waals surface area contributed by atoms with Crippen molar-refractivity contribution >= 4 is 52.7 Å². The van der Waals surface area contributed by atoms with Crippen molar-refractivity contribution in [1.29, 1.82) is 0 Å². The standard InChI is InChI=1S/C22H16Si/c1-2-5-17-13-21-18(12-16(17)4-1)9-8-15-6-3-7-20(22(15)21)19-10-11-23-14-19/h1-13,23H,14H2. The summed E-state index contributed by atoms with van der Waals surface area (Å²) < 4.78 is 0. The monoisotopic (exact) mass is 308 g/mol. The van der Waals surface area contributed by atoms with Crippen molar-refractivity contribution in [2.75, 3.05) is 0 Å². The summed E-state index contributed by atoms with van der Waals surface area (Å²) in [5.74, 6) is 0. The zero-order valence-corrected chi connectivity index (χ0v) is 13.9. The number of hydrogen-bond donors (Lipinski definition) is 0. The Balaban J connectivity index is 1.95. The molecule has 0 amide bonds. The van der Waals surface area contributed by atoms with Gasteiger partial charge in [0.15, 0.2) is 0 Å². The minimum atomic E-state index is 0.456. The van der Waals surface area contributed by atoms with E-state index in [9.17, 15) is 0 Å². The normalized spacial score (nSPS) is 14.0. The van der Waals surface area contributed by atoms with E-state index in [2.05, 4.69) is 78.5 Å². The summed E-state index contributed by atoms with van der Waals surface area (Å²) in [6.07, 6.45) is 2.34. The first-order valence-electron chi connectivity index (χ1n) is 8.10. The molecule has 1 heterocycles. The van der Waals surface area contributed by atoms with Crippen LogP contribution in [0.15, 0.2) is 72.8 Å². The van der Waals surface area contributed by atoms with Gasteiger partial charge in [-0.25, -0.2) is 0 Å². The van der Waals surface area contributed by atoms with E-state index < -0.39 is 0 Å². The largest absolute Gasteiger partial charge is 0.0845 e. The Morgan fingerprint density at radius 2 is 1.48 bits per heavy atom. The molecule has 0 N–H and O–H groups in total. The lowest BCUT2D eigenvalue weighted by Crippen LogP contribution is -1.87. The Hall–Kier alpha value is -2.51. The summed E-state index contributed by atoms with van der Waals surface area (Å²) in [6, 6.07) is 25.8. The number of hydrogen-bond acceptors (Lipinski definition) is 0. The third-order valence-electron chi connectivity index (χ3n) is 4.84. The van der Waals surface area contributed by atoms with Crippen LogP contribution in [0.5, 0.6) is 0 Å². The molecule has 0 aromatic heterocycles. The van der Waals surface area contributed by atoms with Crippen LogP contribution in [-0.2, 0) is 0 Å². The molecule has 0 nitrogen and oxygen atoms in total. The summed E-state index contributed by atoms with van der Waals surface area (Å²) in [5, 5.41) is 8.09. The topological polar surface area (TPSA) is 0 Å². The second-order valence-electron chi connectivity index (χ2n) is 6.21. The number of rotatable bonds is 1. The van der Waals surface area contributed by atoms with Crippen molar-refractivity contribution in [3.05, 3.63) is 78.4 Å². The summed E-state index contributed by atoms with van der Waals surface area (Å²) in [7, 11) is 0.456. The zero-order chi connectivity index (χ0) is 15.2. The minimum absolute atomic E-state index is 0.456. The van der Waals surface area contributed by atoms with Crippen LogP contribution in [0, 0.1) is 0 Å². The highest BCUT2D eigenvalue weighted by Gasteiger charge is 2.11. The maximum Gasteiger partial charge on any atom is -0.00222 e. The summed E-state index contributed by atoms with van der Waals surface area (Å²) >= 11 is 0. The molecule has 1 heteroatoms. The molecule has 0 saturated heterocycles. The van der Waals surface area contributed by atoms with E-state index in [1.54, 1.807) is 0 Å². The number of benzene rings is 4. The van der Waals surface area contributed by atoms with Crippen molar-refractivity contribution in [3.8, 4) is 0 Å². The van der Waals surface area contributed by atoms with Gasteiger partial charge in [0.25, 0.3) is 0 Å². The van der Waals surface area contributed by atoms with Gasteiger partial charge >= 0.3 is 0 Å². The quantitative estimate of drug-likeness (QED) is 0.257. The van der Waals surface area contributed by atoms with Gasteiger partial charge in [0.2, 0.25) is 0 Å². The van der Waals surface area contributed by atoms with Crippen LogP contribution in [0.2, 0.25) is 6.04 Å². The Labute approximate surface area is 137 Å². The lowest BCUT2D eigenvalue weighted by atomic mass is 9.92. The molecule has 1 aliphatic heterocycles. The molecule has 108 valence electrons. The molecular weight excluding hydrogens is 292 g/mol. The fraction of sp³-hybridized carbons (Fsp3) is 0.0455. The van der Waals surface area contributed by atoms with Crippen LogP contribution >= 0.6 is 0 Å². The van der Waals surface area contributed by atoms with Crippen molar-refractivity contribution < 1.29 is 0 Å². The Kier molecular flexibility index (Phi) is 2.82. The van der Waals surface area contributed by atoms with Gasteiger partial charge < -0.3 is 0 Å². The van der Waals surface area contributed by atoms with Crippen molar-refractivity contribution in [3.63, 3.8) is 0 Å². The molecule has 4 aromatic carbocycles. The summed E-state index contributed by atoms with van der Waals surface area (Å²) in [4.78, 5) is 0. The van der Waals surface area contributed by atoms with E-state index in [0.29, 0.717) is 9.13 Å². The number of fused-ring (bicyclic) bond motifs is 4. The molecule has 4 aromatic rings. The molecule has 0 atom stereocenters.